The fourth-order valence-electron chi connectivity index (χ4n) is 2.69. The SMILES string of the molecule is CC(C)C1(Cc2cccc(Cl)c2)CCCN1. The predicted octanol–water partition coefficient (Wildman–Crippen LogP) is 3.66. The molecule has 1 unspecified atom stereocenters. The van der Waals surface area contributed by atoms with E-state index in [0.29, 0.717) is 5.92 Å². The van der Waals surface area contributed by atoms with Crippen molar-refractivity contribution in [3.63, 3.8) is 0 Å². The third-order valence-electron chi connectivity index (χ3n) is 3.79. The topological polar surface area (TPSA) is 12.0 Å². The van der Waals surface area contributed by atoms with Gasteiger partial charge in [-0.05, 0) is 49.4 Å². The van der Waals surface area contributed by atoms with Gasteiger partial charge in [0, 0.05) is 10.6 Å². The molecule has 1 fully saturated rings. The van der Waals surface area contributed by atoms with E-state index in [1.807, 2.05) is 12.1 Å². The van der Waals surface area contributed by atoms with Crippen molar-refractivity contribution in [1.29, 1.82) is 0 Å². The van der Waals surface area contributed by atoms with Gasteiger partial charge in [0.2, 0.25) is 0 Å². The van der Waals surface area contributed by atoms with Gasteiger partial charge in [0.05, 0.1) is 0 Å². The molecule has 1 heterocycles. The highest BCUT2D eigenvalue weighted by atomic mass is 35.5. The van der Waals surface area contributed by atoms with Crippen molar-refractivity contribution in [2.75, 3.05) is 6.54 Å². The quantitative estimate of drug-likeness (QED) is 0.846. The van der Waals surface area contributed by atoms with Crippen LogP contribution < -0.4 is 5.32 Å². The first-order valence-corrected chi connectivity index (χ1v) is 6.50. The standard InChI is InChI=1S/C14H20ClN/c1-11(2)14(7-4-8-16-14)10-12-5-3-6-13(15)9-12/h3,5-6,9,11,16H,4,7-8,10H2,1-2H3. The Labute approximate surface area is 103 Å². The summed E-state index contributed by atoms with van der Waals surface area (Å²) in [5.74, 6) is 0.661. The van der Waals surface area contributed by atoms with Crippen LogP contribution in [0.2, 0.25) is 5.02 Å². The van der Waals surface area contributed by atoms with Gasteiger partial charge in [0.1, 0.15) is 0 Å². The highest BCUT2D eigenvalue weighted by Crippen LogP contribution is 2.31. The molecular weight excluding hydrogens is 218 g/mol. The van der Waals surface area contributed by atoms with Crippen molar-refractivity contribution >= 4 is 11.6 Å². The summed E-state index contributed by atoms with van der Waals surface area (Å²) in [6, 6.07) is 8.25. The monoisotopic (exact) mass is 237 g/mol. The van der Waals surface area contributed by atoms with Crippen molar-refractivity contribution in [2.45, 2.75) is 38.6 Å². The van der Waals surface area contributed by atoms with Crippen LogP contribution in [0.1, 0.15) is 32.3 Å². The maximum atomic E-state index is 6.03. The van der Waals surface area contributed by atoms with Crippen molar-refractivity contribution in [3.8, 4) is 0 Å². The number of nitrogens with one attached hydrogen (secondary N) is 1. The first-order chi connectivity index (χ1) is 7.62. The van der Waals surface area contributed by atoms with Crippen LogP contribution in [0.3, 0.4) is 0 Å². The van der Waals surface area contributed by atoms with Crippen LogP contribution in [-0.2, 0) is 6.42 Å². The molecule has 1 aromatic carbocycles. The first kappa shape index (κ1) is 11.9. The van der Waals surface area contributed by atoms with Crippen LogP contribution in [0.25, 0.3) is 0 Å². The molecule has 1 N–H and O–H groups in total. The Kier molecular flexibility index (Phi) is 3.56. The Morgan fingerprint density at radius 3 is 2.81 bits per heavy atom. The summed E-state index contributed by atoms with van der Waals surface area (Å²) < 4.78 is 0. The van der Waals surface area contributed by atoms with E-state index in [4.69, 9.17) is 11.6 Å². The minimum atomic E-state index is 0.282. The molecule has 0 spiro atoms. The Hall–Kier alpha value is -0.530. The molecule has 88 valence electrons. The fourth-order valence-corrected chi connectivity index (χ4v) is 2.90. The largest absolute Gasteiger partial charge is 0.311 e. The number of hydrogen-bond donors (Lipinski definition) is 1. The number of rotatable bonds is 3. The summed E-state index contributed by atoms with van der Waals surface area (Å²) in [4.78, 5) is 0. The van der Waals surface area contributed by atoms with Gasteiger partial charge < -0.3 is 5.32 Å². The zero-order valence-corrected chi connectivity index (χ0v) is 10.8. The Bertz CT molecular complexity index is 354. The second-order valence-electron chi connectivity index (χ2n) is 5.15. The maximum Gasteiger partial charge on any atom is 0.0408 e. The van der Waals surface area contributed by atoms with Gasteiger partial charge in [-0.25, -0.2) is 0 Å². The van der Waals surface area contributed by atoms with Crippen LogP contribution in [0.5, 0.6) is 0 Å². The maximum absolute atomic E-state index is 6.03. The van der Waals surface area contributed by atoms with Gasteiger partial charge in [-0.3, -0.25) is 0 Å². The van der Waals surface area contributed by atoms with E-state index < -0.39 is 0 Å². The molecule has 0 saturated carbocycles. The number of halogens is 1. The van der Waals surface area contributed by atoms with Crippen molar-refractivity contribution < 1.29 is 0 Å². The van der Waals surface area contributed by atoms with Gasteiger partial charge in [0.25, 0.3) is 0 Å². The molecule has 1 nitrogen and oxygen atoms in total. The van der Waals surface area contributed by atoms with Crippen LogP contribution in [-0.4, -0.2) is 12.1 Å². The Balaban J connectivity index is 2.18. The minimum absolute atomic E-state index is 0.282. The average Bonchev–Trinajstić information content (AvgIpc) is 2.67. The molecular formula is C14H20ClN. The Morgan fingerprint density at radius 1 is 1.44 bits per heavy atom. The molecule has 0 aliphatic carbocycles. The predicted molar refractivity (Wildman–Crippen MR) is 70.0 cm³/mol. The van der Waals surface area contributed by atoms with Crippen molar-refractivity contribution in [1.82, 2.24) is 5.32 Å². The highest BCUT2D eigenvalue weighted by Gasteiger charge is 2.36. The van der Waals surface area contributed by atoms with Gasteiger partial charge >= 0.3 is 0 Å². The van der Waals surface area contributed by atoms with E-state index in [2.05, 4.69) is 31.3 Å². The van der Waals surface area contributed by atoms with Crippen LogP contribution >= 0.6 is 11.6 Å². The molecule has 2 heteroatoms. The lowest BCUT2D eigenvalue weighted by Crippen LogP contribution is -2.46. The normalized spacial score (nSPS) is 25.2. The van der Waals surface area contributed by atoms with E-state index >= 15 is 0 Å². The van der Waals surface area contributed by atoms with E-state index in [1.54, 1.807) is 0 Å². The highest BCUT2D eigenvalue weighted by molar-refractivity contribution is 6.30. The third-order valence-corrected chi connectivity index (χ3v) is 4.03. The first-order valence-electron chi connectivity index (χ1n) is 6.12. The van der Waals surface area contributed by atoms with E-state index in [-0.39, 0.29) is 5.54 Å². The zero-order chi connectivity index (χ0) is 11.6. The second kappa shape index (κ2) is 4.77. The van der Waals surface area contributed by atoms with Gasteiger partial charge in [0.15, 0.2) is 0 Å². The molecule has 1 aromatic rings. The second-order valence-corrected chi connectivity index (χ2v) is 5.58. The molecule has 1 atom stereocenters. The van der Waals surface area contributed by atoms with Crippen LogP contribution in [0, 0.1) is 5.92 Å². The summed E-state index contributed by atoms with van der Waals surface area (Å²) >= 11 is 6.03. The van der Waals surface area contributed by atoms with Gasteiger partial charge in [-0.2, -0.15) is 0 Å². The molecule has 0 aromatic heterocycles. The minimum Gasteiger partial charge on any atom is -0.311 e. The van der Waals surface area contributed by atoms with E-state index in [1.165, 1.54) is 18.4 Å². The van der Waals surface area contributed by atoms with Crippen LogP contribution in [0.4, 0.5) is 0 Å². The van der Waals surface area contributed by atoms with Gasteiger partial charge in [-0.15, -0.1) is 0 Å². The third kappa shape index (κ3) is 2.41. The number of benzene rings is 1. The Morgan fingerprint density at radius 2 is 2.25 bits per heavy atom. The lowest BCUT2D eigenvalue weighted by Gasteiger charge is -2.34. The van der Waals surface area contributed by atoms with E-state index in [9.17, 15) is 0 Å². The lowest BCUT2D eigenvalue weighted by molar-refractivity contribution is 0.269. The fraction of sp³-hybridized carbons (Fsp3) is 0.571. The molecule has 0 bridgehead atoms. The lowest BCUT2D eigenvalue weighted by atomic mass is 9.80. The van der Waals surface area contributed by atoms with Gasteiger partial charge in [-0.1, -0.05) is 37.6 Å². The van der Waals surface area contributed by atoms with Crippen molar-refractivity contribution in [3.05, 3.63) is 34.9 Å². The number of hydrogen-bond acceptors (Lipinski definition) is 1. The smallest absolute Gasteiger partial charge is 0.0408 e. The summed E-state index contributed by atoms with van der Waals surface area (Å²) in [5, 5.41) is 4.54. The molecule has 2 rings (SSSR count). The summed E-state index contributed by atoms with van der Waals surface area (Å²) in [6.45, 7) is 5.77. The van der Waals surface area contributed by atoms with Crippen LogP contribution in [0.15, 0.2) is 24.3 Å². The summed E-state index contributed by atoms with van der Waals surface area (Å²) in [6.07, 6.45) is 3.65. The molecule has 16 heavy (non-hydrogen) atoms. The van der Waals surface area contributed by atoms with Crippen molar-refractivity contribution in [2.24, 2.45) is 5.92 Å². The molecule has 0 amide bonds. The molecule has 0 radical (unpaired) electrons. The zero-order valence-electron chi connectivity index (χ0n) is 10.1. The molecule has 1 aliphatic rings. The summed E-state index contributed by atoms with van der Waals surface area (Å²) in [7, 11) is 0. The average molecular weight is 238 g/mol. The molecule has 1 saturated heterocycles. The van der Waals surface area contributed by atoms with E-state index in [0.717, 1.165) is 18.0 Å². The summed E-state index contributed by atoms with van der Waals surface area (Å²) in [5.41, 5.74) is 1.63. The molecule has 1 aliphatic heterocycles.